The molecule has 1 N–H and O–H groups in total. The van der Waals surface area contributed by atoms with E-state index in [4.69, 9.17) is 14.6 Å². The Morgan fingerprint density at radius 3 is 2.62 bits per heavy atom. The highest BCUT2D eigenvalue weighted by atomic mass is 16.5. The number of benzene rings is 3. The van der Waals surface area contributed by atoms with Crippen LogP contribution >= 0.6 is 0 Å². The van der Waals surface area contributed by atoms with Gasteiger partial charge in [0.2, 0.25) is 0 Å². The molecule has 0 fully saturated rings. The highest BCUT2D eigenvalue weighted by Gasteiger charge is 2.18. The minimum atomic E-state index is -0.144. The number of hydrogen-bond acceptors (Lipinski definition) is 5. The fourth-order valence-corrected chi connectivity index (χ4v) is 4.10. The third-order valence-electron chi connectivity index (χ3n) is 5.83. The maximum Gasteiger partial charge on any atom is 0.251 e. The second-order valence-corrected chi connectivity index (χ2v) is 7.95. The maximum atomic E-state index is 12.2. The largest absolute Gasteiger partial charge is 0.493 e. The third kappa shape index (κ3) is 3.81. The lowest BCUT2D eigenvalue weighted by Gasteiger charge is -2.13. The maximum absolute atomic E-state index is 12.2. The molecular weight excluding hydrogens is 428 g/mol. The lowest BCUT2D eigenvalue weighted by Crippen LogP contribution is -2.17. The molecule has 34 heavy (non-hydrogen) atoms. The molecule has 7 heteroatoms. The van der Waals surface area contributed by atoms with Crippen LogP contribution in [0.1, 0.15) is 15.9 Å². The molecule has 3 aromatic carbocycles. The van der Waals surface area contributed by atoms with Crippen molar-refractivity contribution in [2.45, 2.75) is 6.61 Å². The SMILES string of the molecule is CNC(=O)c1cccc(-c2nn(C)c3cnc4cc(OC)c(OCc5ccccc5)cc4c23)c1. The number of methoxy groups -OCH3 is 1. The van der Waals surface area contributed by atoms with E-state index in [1.54, 1.807) is 31.1 Å². The van der Waals surface area contributed by atoms with Gasteiger partial charge < -0.3 is 14.8 Å². The van der Waals surface area contributed by atoms with Gasteiger partial charge in [0, 0.05) is 42.1 Å². The Hall–Kier alpha value is -4.39. The Morgan fingerprint density at radius 2 is 1.85 bits per heavy atom. The topological polar surface area (TPSA) is 78.3 Å². The van der Waals surface area contributed by atoms with E-state index in [9.17, 15) is 4.79 Å². The van der Waals surface area contributed by atoms with Crippen LogP contribution in [-0.2, 0) is 13.7 Å². The molecule has 2 aromatic heterocycles. The number of ether oxygens (including phenoxy) is 2. The summed E-state index contributed by atoms with van der Waals surface area (Å²) in [7, 11) is 5.13. The van der Waals surface area contributed by atoms with Crippen molar-refractivity contribution in [1.82, 2.24) is 20.1 Å². The van der Waals surface area contributed by atoms with Crippen molar-refractivity contribution in [3.05, 3.63) is 84.1 Å². The minimum absolute atomic E-state index is 0.144. The zero-order valence-corrected chi connectivity index (χ0v) is 19.2. The summed E-state index contributed by atoms with van der Waals surface area (Å²) in [5.74, 6) is 1.10. The Kier molecular flexibility index (Phi) is 5.59. The zero-order valence-electron chi connectivity index (χ0n) is 19.2. The fourth-order valence-electron chi connectivity index (χ4n) is 4.10. The summed E-state index contributed by atoms with van der Waals surface area (Å²) in [5.41, 5.74) is 4.91. The van der Waals surface area contributed by atoms with Gasteiger partial charge in [0.25, 0.3) is 5.91 Å². The molecule has 0 bridgehead atoms. The third-order valence-corrected chi connectivity index (χ3v) is 5.83. The molecular formula is C27H24N4O3. The van der Waals surface area contributed by atoms with Gasteiger partial charge in [-0.05, 0) is 23.8 Å². The Morgan fingerprint density at radius 1 is 1.03 bits per heavy atom. The van der Waals surface area contributed by atoms with Crippen molar-refractivity contribution in [3.8, 4) is 22.8 Å². The molecule has 5 rings (SSSR count). The van der Waals surface area contributed by atoms with Gasteiger partial charge in [0.15, 0.2) is 11.5 Å². The summed E-state index contributed by atoms with van der Waals surface area (Å²) >= 11 is 0. The molecule has 0 saturated heterocycles. The van der Waals surface area contributed by atoms with Gasteiger partial charge in [-0.1, -0.05) is 42.5 Å². The summed E-state index contributed by atoms with van der Waals surface area (Å²) in [4.78, 5) is 16.8. The molecule has 2 heterocycles. The first-order chi connectivity index (χ1) is 16.6. The number of rotatable bonds is 6. The molecule has 0 atom stereocenters. The van der Waals surface area contributed by atoms with Gasteiger partial charge >= 0.3 is 0 Å². The van der Waals surface area contributed by atoms with E-state index in [2.05, 4.69) is 10.3 Å². The molecule has 5 aromatic rings. The van der Waals surface area contributed by atoms with Gasteiger partial charge in [-0.3, -0.25) is 14.5 Å². The predicted molar refractivity (Wildman–Crippen MR) is 132 cm³/mol. The van der Waals surface area contributed by atoms with E-state index in [1.165, 1.54) is 0 Å². The molecule has 1 amide bonds. The average Bonchev–Trinajstić information content (AvgIpc) is 3.23. The number of aromatic nitrogens is 3. The van der Waals surface area contributed by atoms with Crippen LogP contribution in [0.25, 0.3) is 33.1 Å². The van der Waals surface area contributed by atoms with Gasteiger partial charge in [0.05, 0.1) is 24.3 Å². The molecule has 0 aliphatic carbocycles. The van der Waals surface area contributed by atoms with E-state index >= 15 is 0 Å². The number of aryl methyl sites for hydroxylation is 1. The number of carbonyl (C=O) groups excluding carboxylic acids is 1. The number of pyridine rings is 1. The average molecular weight is 453 g/mol. The number of nitrogens with zero attached hydrogens (tertiary/aromatic N) is 3. The summed E-state index contributed by atoms with van der Waals surface area (Å²) < 4.78 is 13.6. The van der Waals surface area contributed by atoms with Crippen LogP contribution in [0, 0.1) is 0 Å². The van der Waals surface area contributed by atoms with Crippen LogP contribution in [0.5, 0.6) is 11.5 Å². The highest BCUT2D eigenvalue weighted by molar-refractivity contribution is 6.12. The molecule has 170 valence electrons. The van der Waals surface area contributed by atoms with Crippen LogP contribution in [-0.4, -0.2) is 34.8 Å². The lowest BCUT2D eigenvalue weighted by molar-refractivity contribution is 0.0963. The standard InChI is InChI=1S/C27H24N4O3/c1-28-27(32)19-11-7-10-18(12-19)26-25-20-13-24(34-16-17-8-5-4-6-9-17)23(33-3)14-21(20)29-15-22(25)31(2)30-26/h4-15H,16H2,1-3H3,(H,28,32). The summed E-state index contributed by atoms with van der Waals surface area (Å²) in [5, 5.41) is 9.29. The fraction of sp³-hybridized carbons (Fsp3) is 0.148. The van der Waals surface area contributed by atoms with E-state index in [1.807, 2.05) is 67.7 Å². The van der Waals surface area contributed by atoms with Crippen LogP contribution in [0.4, 0.5) is 0 Å². The van der Waals surface area contributed by atoms with Crippen molar-refractivity contribution in [2.24, 2.45) is 7.05 Å². The minimum Gasteiger partial charge on any atom is -0.493 e. The first-order valence-electron chi connectivity index (χ1n) is 10.9. The summed E-state index contributed by atoms with van der Waals surface area (Å²) in [6.07, 6.45) is 1.81. The van der Waals surface area contributed by atoms with Crippen LogP contribution < -0.4 is 14.8 Å². The first kappa shape index (κ1) is 21.5. The Bertz CT molecular complexity index is 1510. The van der Waals surface area contributed by atoms with E-state index in [-0.39, 0.29) is 5.91 Å². The number of carbonyl (C=O) groups is 1. The van der Waals surface area contributed by atoms with E-state index in [0.29, 0.717) is 23.7 Å². The Labute approximate surface area is 196 Å². The highest BCUT2D eigenvalue weighted by Crippen LogP contribution is 2.38. The number of amides is 1. The molecule has 0 unspecified atom stereocenters. The van der Waals surface area contributed by atoms with Gasteiger partial charge in [0.1, 0.15) is 12.3 Å². The Balaban J connectivity index is 1.68. The molecule has 0 aliphatic heterocycles. The quantitative estimate of drug-likeness (QED) is 0.403. The monoisotopic (exact) mass is 452 g/mol. The zero-order chi connectivity index (χ0) is 23.7. The summed E-state index contributed by atoms with van der Waals surface area (Å²) in [6.45, 7) is 0.417. The van der Waals surface area contributed by atoms with E-state index < -0.39 is 0 Å². The van der Waals surface area contributed by atoms with Crippen molar-refractivity contribution in [3.63, 3.8) is 0 Å². The second-order valence-electron chi connectivity index (χ2n) is 7.95. The normalized spacial score (nSPS) is 11.0. The molecule has 0 aliphatic rings. The van der Waals surface area contributed by atoms with Crippen LogP contribution in [0.2, 0.25) is 0 Å². The van der Waals surface area contributed by atoms with Crippen molar-refractivity contribution in [2.75, 3.05) is 14.2 Å². The first-order valence-corrected chi connectivity index (χ1v) is 10.9. The number of fused-ring (bicyclic) bond motifs is 3. The predicted octanol–water partition coefficient (Wildman–Crippen LogP) is 4.74. The second kappa shape index (κ2) is 8.86. The van der Waals surface area contributed by atoms with Gasteiger partial charge in [-0.15, -0.1) is 0 Å². The van der Waals surface area contributed by atoms with Crippen molar-refractivity contribution in [1.29, 1.82) is 0 Å². The molecule has 0 radical (unpaired) electrons. The lowest BCUT2D eigenvalue weighted by atomic mass is 10.0. The molecule has 0 saturated carbocycles. The van der Waals surface area contributed by atoms with Gasteiger partial charge in [-0.2, -0.15) is 5.10 Å². The van der Waals surface area contributed by atoms with E-state index in [0.717, 1.165) is 38.6 Å². The summed E-state index contributed by atoms with van der Waals surface area (Å²) in [6, 6.07) is 21.3. The van der Waals surface area contributed by atoms with Crippen LogP contribution in [0.15, 0.2) is 72.9 Å². The van der Waals surface area contributed by atoms with Crippen molar-refractivity contribution >= 4 is 27.7 Å². The van der Waals surface area contributed by atoms with Crippen molar-refractivity contribution < 1.29 is 14.3 Å². The van der Waals surface area contributed by atoms with Gasteiger partial charge in [-0.25, -0.2) is 0 Å². The molecule has 7 nitrogen and oxygen atoms in total. The number of nitrogens with one attached hydrogen (secondary N) is 1. The smallest absolute Gasteiger partial charge is 0.251 e. The van der Waals surface area contributed by atoms with Crippen LogP contribution in [0.3, 0.4) is 0 Å². The number of hydrogen-bond donors (Lipinski definition) is 1. The molecule has 0 spiro atoms.